The Bertz CT molecular complexity index is 781. The van der Waals surface area contributed by atoms with Crippen molar-refractivity contribution >= 4 is 17.9 Å². The second-order valence-corrected chi connectivity index (χ2v) is 5.08. The highest BCUT2D eigenvalue weighted by molar-refractivity contribution is 6.12. The highest BCUT2D eigenvalue weighted by Gasteiger charge is 2.24. The average molecular weight is 281 g/mol. The lowest BCUT2D eigenvalue weighted by molar-refractivity contribution is -0.129. The van der Waals surface area contributed by atoms with Gasteiger partial charge >= 0.3 is 5.97 Å². The van der Waals surface area contributed by atoms with E-state index in [-0.39, 0.29) is 5.70 Å². The van der Waals surface area contributed by atoms with Crippen molar-refractivity contribution in [2.75, 3.05) is 0 Å². The molecule has 0 radical (unpaired) electrons. The van der Waals surface area contributed by atoms with Crippen LogP contribution in [0.2, 0.25) is 0 Å². The van der Waals surface area contributed by atoms with Crippen LogP contribution in [0.5, 0.6) is 0 Å². The Labute approximate surface area is 122 Å². The number of ether oxygens (including phenoxy) is 1. The fourth-order valence-corrected chi connectivity index (χ4v) is 2.07. The van der Waals surface area contributed by atoms with Gasteiger partial charge in [0.15, 0.2) is 5.70 Å². The van der Waals surface area contributed by atoms with Crippen molar-refractivity contribution in [3.05, 3.63) is 64.2 Å². The van der Waals surface area contributed by atoms with Crippen LogP contribution in [0.4, 0.5) is 0 Å². The van der Waals surface area contributed by atoms with Crippen LogP contribution in [-0.4, -0.2) is 11.9 Å². The SMILES string of the molecule is Cc1ccc(/C=C2/N=C(c3ccc(C)c(C)c3)OC2=O)o1. The maximum atomic E-state index is 11.9. The topological polar surface area (TPSA) is 51.8 Å². The van der Waals surface area contributed by atoms with Gasteiger partial charge in [-0.3, -0.25) is 0 Å². The minimum atomic E-state index is -0.461. The van der Waals surface area contributed by atoms with Crippen LogP contribution in [0.1, 0.15) is 28.2 Å². The van der Waals surface area contributed by atoms with Crippen LogP contribution in [0.3, 0.4) is 0 Å². The molecule has 2 aromatic rings. The number of esters is 1. The lowest BCUT2D eigenvalue weighted by Crippen LogP contribution is -2.05. The van der Waals surface area contributed by atoms with Crippen LogP contribution in [0.15, 0.2) is 45.4 Å². The van der Waals surface area contributed by atoms with Gasteiger partial charge in [0.05, 0.1) is 0 Å². The molecule has 3 rings (SSSR count). The number of benzene rings is 1. The molecule has 0 atom stereocenters. The minimum Gasteiger partial charge on any atom is -0.462 e. The molecule has 106 valence electrons. The van der Waals surface area contributed by atoms with E-state index in [0.717, 1.165) is 16.9 Å². The molecule has 1 aliphatic rings. The first kappa shape index (κ1) is 13.4. The largest absolute Gasteiger partial charge is 0.462 e. The van der Waals surface area contributed by atoms with E-state index in [1.54, 1.807) is 12.1 Å². The van der Waals surface area contributed by atoms with E-state index in [1.807, 2.05) is 45.0 Å². The Kier molecular flexibility index (Phi) is 3.22. The van der Waals surface area contributed by atoms with Crippen molar-refractivity contribution in [2.45, 2.75) is 20.8 Å². The fraction of sp³-hybridized carbons (Fsp3) is 0.176. The first-order chi connectivity index (χ1) is 10.0. The zero-order chi connectivity index (χ0) is 15.0. The van der Waals surface area contributed by atoms with Crippen molar-refractivity contribution in [3.8, 4) is 0 Å². The molecule has 0 bridgehead atoms. The summed E-state index contributed by atoms with van der Waals surface area (Å²) < 4.78 is 10.7. The van der Waals surface area contributed by atoms with Gasteiger partial charge < -0.3 is 9.15 Å². The molecule has 0 aliphatic carbocycles. The monoisotopic (exact) mass is 281 g/mol. The Hall–Kier alpha value is -2.62. The highest BCUT2D eigenvalue weighted by Crippen LogP contribution is 2.21. The van der Waals surface area contributed by atoms with Gasteiger partial charge in [-0.05, 0) is 56.2 Å². The number of carbonyl (C=O) groups is 1. The van der Waals surface area contributed by atoms with Crippen LogP contribution in [0.25, 0.3) is 6.08 Å². The lowest BCUT2D eigenvalue weighted by Gasteiger charge is -2.03. The second-order valence-electron chi connectivity index (χ2n) is 5.08. The molecule has 0 fully saturated rings. The van der Waals surface area contributed by atoms with Gasteiger partial charge in [0.25, 0.3) is 0 Å². The third kappa shape index (κ3) is 2.65. The summed E-state index contributed by atoms with van der Waals surface area (Å²) in [5.74, 6) is 1.24. The molecule has 0 amide bonds. The number of carbonyl (C=O) groups excluding carboxylic acids is 1. The minimum absolute atomic E-state index is 0.248. The molecule has 0 spiro atoms. The van der Waals surface area contributed by atoms with Gasteiger partial charge in [0.1, 0.15) is 11.5 Å². The summed E-state index contributed by atoms with van der Waals surface area (Å²) in [5, 5.41) is 0. The van der Waals surface area contributed by atoms with E-state index in [4.69, 9.17) is 9.15 Å². The van der Waals surface area contributed by atoms with Crippen molar-refractivity contribution in [1.82, 2.24) is 0 Å². The third-order valence-electron chi connectivity index (χ3n) is 3.41. The van der Waals surface area contributed by atoms with E-state index in [1.165, 1.54) is 5.56 Å². The maximum absolute atomic E-state index is 11.9. The number of rotatable bonds is 2. The Balaban J connectivity index is 1.95. The Morgan fingerprint density at radius 1 is 1.05 bits per heavy atom. The predicted molar refractivity (Wildman–Crippen MR) is 80.0 cm³/mol. The Morgan fingerprint density at radius 2 is 1.86 bits per heavy atom. The van der Waals surface area contributed by atoms with E-state index < -0.39 is 5.97 Å². The summed E-state index contributed by atoms with van der Waals surface area (Å²) in [7, 11) is 0. The molecular formula is C17H15NO3. The smallest absolute Gasteiger partial charge is 0.363 e. The van der Waals surface area contributed by atoms with Crippen molar-refractivity contribution in [3.63, 3.8) is 0 Å². The molecule has 0 saturated heterocycles. The molecule has 4 heteroatoms. The van der Waals surface area contributed by atoms with Gasteiger partial charge in [-0.15, -0.1) is 0 Å². The van der Waals surface area contributed by atoms with Gasteiger partial charge in [-0.2, -0.15) is 0 Å². The molecule has 0 saturated carbocycles. The molecule has 21 heavy (non-hydrogen) atoms. The first-order valence-electron chi connectivity index (χ1n) is 6.69. The number of furan rings is 1. The molecular weight excluding hydrogens is 266 g/mol. The van der Waals surface area contributed by atoms with Gasteiger partial charge in [-0.25, -0.2) is 9.79 Å². The fourth-order valence-electron chi connectivity index (χ4n) is 2.07. The third-order valence-corrected chi connectivity index (χ3v) is 3.41. The predicted octanol–water partition coefficient (Wildman–Crippen LogP) is 3.55. The normalized spacial score (nSPS) is 16.2. The van der Waals surface area contributed by atoms with Crippen LogP contribution >= 0.6 is 0 Å². The van der Waals surface area contributed by atoms with E-state index in [0.29, 0.717) is 11.7 Å². The van der Waals surface area contributed by atoms with Crippen molar-refractivity contribution in [1.29, 1.82) is 0 Å². The molecule has 4 nitrogen and oxygen atoms in total. The summed E-state index contributed by atoms with van der Waals surface area (Å²) in [6.07, 6.45) is 1.59. The number of hydrogen-bond acceptors (Lipinski definition) is 4. The summed E-state index contributed by atoms with van der Waals surface area (Å²) in [5.41, 5.74) is 3.36. The Morgan fingerprint density at radius 3 is 2.52 bits per heavy atom. The standard InChI is InChI=1S/C17H15NO3/c1-10-4-6-13(8-11(10)2)16-18-15(17(19)21-16)9-14-7-5-12(3)20-14/h4-9H,1-3H3/b15-9+. The summed E-state index contributed by atoms with van der Waals surface area (Å²) in [6.45, 7) is 5.89. The zero-order valence-corrected chi connectivity index (χ0v) is 12.1. The summed E-state index contributed by atoms with van der Waals surface area (Å²) in [6, 6.07) is 9.47. The number of aryl methyl sites for hydroxylation is 3. The second kappa shape index (κ2) is 5.05. The van der Waals surface area contributed by atoms with Crippen molar-refractivity contribution < 1.29 is 13.9 Å². The van der Waals surface area contributed by atoms with Crippen LogP contribution < -0.4 is 0 Å². The van der Waals surface area contributed by atoms with Gasteiger partial charge in [-0.1, -0.05) is 6.07 Å². The number of aliphatic imine (C=N–C) groups is 1. The zero-order valence-electron chi connectivity index (χ0n) is 12.1. The van der Waals surface area contributed by atoms with Gasteiger partial charge in [0, 0.05) is 11.6 Å². The number of nitrogens with zero attached hydrogens (tertiary/aromatic N) is 1. The average Bonchev–Trinajstić information content (AvgIpc) is 3.00. The summed E-state index contributed by atoms with van der Waals surface area (Å²) in [4.78, 5) is 16.1. The van der Waals surface area contributed by atoms with Crippen LogP contribution in [0, 0.1) is 20.8 Å². The molecule has 1 aromatic carbocycles. The lowest BCUT2D eigenvalue weighted by atomic mass is 10.1. The number of hydrogen-bond donors (Lipinski definition) is 0. The van der Waals surface area contributed by atoms with E-state index in [9.17, 15) is 4.79 Å². The van der Waals surface area contributed by atoms with Gasteiger partial charge in [0.2, 0.25) is 5.90 Å². The molecule has 1 aliphatic heterocycles. The maximum Gasteiger partial charge on any atom is 0.363 e. The van der Waals surface area contributed by atoms with Crippen molar-refractivity contribution in [2.24, 2.45) is 4.99 Å². The molecule has 0 N–H and O–H groups in total. The molecule has 0 unspecified atom stereocenters. The summed E-state index contributed by atoms with van der Waals surface area (Å²) >= 11 is 0. The van der Waals surface area contributed by atoms with E-state index >= 15 is 0 Å². The quantitative estimate of drug-likeness (QED) is 0.625. The number of cyclic esters (lactones) is 1. The van der Waals surface area contributed by atoms with E-state index in [2.05, 4.69) is 4.99 Å². The molecule has 1 aromatic heterocycles. The first-order valence-corrected chi connectivity index (χ1v) is 6.69. The molecule has 2 heterocycles. The van der Waals surface area contributed by atoms with Crippen LogP contribution in [-0.2, 0) is 9.53 Å². The highest BCUT2D eigenvalue weighted by atomic mass is 16.6.